The Morgan fingerprint density at radius 3 is 2.08 bits per heavy atom. The number of rotatable bonds is 11. The number of alkyl carbamates (subject to hydrolysis) is 1. The van der Waals surface area contributed by atoms with Gasteiger partial charge in [-0.1, -0.05) is 30.3 Å². The van der Waals surface area contributed by atoms with Crippen molar-refractivity contribution in [1.82, 2.24) is 10.2 Å². The maximum atomic E-state index is 11.6. The molecule has 1 amide bonds. The fraction of sp³-hybridized carbons (Fsp3) is 0.438. The van der Waals surface area contributed by atoms with Gasteiger partial charge >= 0.3 is 18.0 Å². The van der Waals surface area contributed by atoms with E-state index in [1.54, 1.807) is 4.90 Å². The van der Waals surface area contributed by atoms with Gasteiger partial charge in [-0.15, -0.1) is 0 Å². The van der Waals surface area contributed by atoms with E-state index in [2.05, 4.69) is 5.32 Å². The van der Waals surface area contributed by atoms with Gasteiger partial charge in [0.1, 0.15) is 6.61 Å². The normalized spacial score (nSPS) is 10.4. The molecule has 0 atom stereocenters. The lowest BCUT2D eigenvalue weighted by molar-refractivity contribution is -0.137. The summed E-state index contributed by atoms with van der Waals surface area (Å²) in [5.41, 5.74) is 0.872. The highest BCUT2D eigenvalue weighted by atomic mass is 16.5. The van der Waals surface area contributed by atoms with Crippen LogP contribution >= 0.6 is 0 Å². The molecule has 0 fully saturated rings. The average Bonchev–Trinajstić information content (AvgIpc) is 2.55. The smallest absolute Gasteiger partial charge is 0.407 e. The lowest BCUT2D eigenvalue weighted by atomic mass is 10.2. The number of carboxylic acid groups (broad SMARTS) is 2. The number of carboxylic acids is 2. The van der Waals surface area contributed by atoms with Crippen LogP contribution in [0.15, 0.2) is 30.3 Å². The molecule has 0 saturated carbocycles. The van der Waals surface area contributed by atoms with Crippen LogP contribution in [0.1, 0.15) is 18.4 Å². The van der Waals surface area contributed by atoms with Crippen LogP contribution in [0.5, 0.6) is 0 Å². The largest absolute Gasteiger partial charge is 0.481 e. The number of aliphatic carboxylic acids is 2. The third-order valence-electron chi connectivity index (χ3n) is 3.19. The van der Waals surface area contributed by atoms with E-state index in [1.165, 1.54) is 0 Å². The molecule has 0 saturated heterocycles. The maximum absolute atomic E-state index is 11.6. The van der Waals surface area contributed by atoms with Gasteiger partial charge in [0.25, 0.3) is 0 Å². The van der Waals surface area contributed by atoms with Crippen LogP contribution in [0.2, 0.25) is 0 Å². The SMILES string of the molecule is O=C(O)CCN(CCNC(=O)OCc1ccccc1)CCC(=O)O. The van der Waals surface area contributed by atoms with Gasteiger partial charge in [0.15, 0.2) is 0 Å². The van der Waals surface area contributed by atoms with Crippen molar-refractivity contribution < 1.29 is 29.3 Å². The van der Waals surface area contributed by atoms with E-state index in [9.17, 15) is 14.4 Å². The molecule has 0 unspecified atom stereocenters. The van der Waals surface area contributed by atoms with Crippen molar-refractivity contribution >= 4 is 18.0 Å². The highest BCUT2D eigenvalue weighted by Gasteiger charge is 2.10. The Morgan fingerprint density at radius 2 is 1.54 bits per heavy atom. The Labute approximate surface area is 140 Å². The minimum absolute atomic E-state index is 0.0852. The molecule has 0 heterocycles. The minimum Gasteiger partial charge on any atom is -0.481 e. The average molecular weight is 338 g/mol. The predicted molar refractivity (Wildman–Crippen MR) is 85.6 cm³/mol. The second-order valence-electron chi connectivity index (χ2n) is 5.12. The summed E-state index contributed by atoms with van der Waals surface area (Å²) in [4.78, 5) is 34.5. The van der Waals surface area contributed by atoms with E-state index in [-0.39, 0.29) is 39.1 Å². The lowest BCUT2D eigenvalue weighted by Gasteiger charge is -2.20. The van der Waals surface area contributed by atoms with Crippen LogP contribution in [0.25, 0.3) is 0 Å². The van der Waals surface area contributed by atoms with Crippen molar-refractivity contribution in [3.8, 4) is 0 Å². The maximum Gasteiger partial charge on any atom is 0.407 e. The molecule has 1 rings (SSSR count). The van der Waals surface area contributed by atoms with E-state index in [0.717, 1.165) is 5.56 Å². The summed E-state index contributed by atoms with van der Waals surface area (Å²) in [6.45, 7) is 1.20. The number of amides is 1. The molecule has 0 spiro atoms. The van der Waals surface area contributed by atoms with Crippen LogP contribution in [-0.2, 0) is 20.9 Å². The number of carbonyl (C=O) groups is 3. The van der Waals surface area contributed by atoms with Crippen molar-refractivity contribution in [2.75, 3.05) is 26.2 Å². The number of hydrogen-bond donors (Lipinski definition) is 3. The molecule has 24 heavy (non-hydrogen) atoms. The summed E-state index contributed by atoms with van der Waals surface area (Å²) in [7, 11) is 0. The van der Waals surface area contributed by atoms with Gasteiger partial charge in [0.05, 0.1) is 12.8 Å². The van der Waals surface area contributed by atoms with Crippen molar-refractivity contribution in [2.24, 2.45) is 0 Å². The second-order valence-corrected chi connectivity index (χ2v) is 5.12. The number of hydrogen-bond acceptors (Lipinski definition) is 5. The van der Waals surface area contributed by atoms with E-state index in [1.807, 2.05) is 30.3 Å². The fourth-order valence-electron chi connectivity index (χ4n) is 1.93. The molecule has 8 nitrogen and oxygen atoms in total. The van der Waals surface area contributed by atoms with E-state index < -0.39 is 18.0 Å². The van der Waals surface area contributed by atoms with Gasteiger partial charge in [0.2, 0.25) is 0 Å². The molecule has 0 aliphatic carbocycles. The summed E-state index contributed by atoms with van der Waals surface area (Å²) in [5.74, 6) is -1.91. The first kappa shape index (κ1) is 19.4. The number of benzene rings is 1. The van der Waals surface area contributed by atoms with Crippen LogP contribution in [0, 0.1) is 0 Å². The highest BCUT2D eigenvalue weighted by Crippen LogP contribution is 2.00. The van der Waals surface area contributed by atoms with Crippen LogP contribution < -0.4 is 5.32 Å². The molecule has 0 aliphatic heterocycles. The molecule has 0 bridgehead atoms. The van der Waals surface area contributed by atoms with Gasteiger partial charge in [-0.05, 0) is 5.56 Å². The van der Waals surface area contributed by atoms with E-state index in [0.29, 0.717) is 6.54 Å². The first-order chi connectivity index (χ1) is 11.5. The number of carbonyl (C=O) groups excluding carboxylic acids is 1. The molecular weight excluding hydrogens is 316 g/mol. The van der Waals surface area contributed by atoms with Gasteiger partial charge in [-0.25, -0.2) is 4.79 Å². The Kier molecular flexibility index (Phi) is 8.91. The summed E-state index contributed by atoms with van der Waals surface area (Å²) in [6.07, 6.45) is -0.744. The number of nitrogens with zero attached hydrogens (tertiary/aromatic N) is 1. The second kappa shape index (κ2) is 11.0. The molecule has 1 aromatic carbocycles. The number of ether oxygens (including phenoxy) is 1. The zero-order valence-electron chi connectivity index (χ0n) is 13.3. The first-order valence-corrected chi connectivity index (χ1v) is 7.58. The van der Waals surface area contributed by atoms with Crippen LogP contribution in [-0.4, -0.2) is 59.3 Å². The Morgan fingerprint density at radius 1 is 0.958 bits per heavy atom. The van der Waals surface area contributed by atoms with E-state index in [4.69, 9.17) is 14.9 Å². The lowest BCUT2D eigenvalue weighted by Crippen LogP contribution is -2.37. The molecule has 0 aliphatic rings. The van der Waals surface area contributed by atoms with Crippen LogP contribution in [0.3, 0.4) is 0 Å². The number of nitrogens with one attached hydrogen (secondary N) is 1. The third kappa shape index (κ3) is 9.42. The quantitative estimate of drug-likeness (QED) is 0.554. The molecule has 1 aromatic rings. The van der Waals surface area contributed by atoms with Crippen LogP contribution in [0.4, 0.5) is 4.79 Å². The molecule has 132 valence electrons. The third-order valence-corrected chi connectivity index (χ3v) is 3.19. The van der Waals surface area contributed by atoms with Crippen molar-refractivity contribution in [3.05, 3.63) is 35.9 Å². The van der Waals surface area contributed by atoms with Crippen molar-refractivity contribution in [1.29, 1.82) is 0 Å². The highest BCUT2D eigenvalue weighted by molar-refractivity contribution is 5.68. The first-order valence-electron chi connectivity index (χ1n) is 7.58. The summed E-state index contributed by atoms with van der Waals surface area (Å²) in [6, 6.07) is 9.24. The standard InChI is InChI=1S/C16H22N2O6/c19-14(20)6-9-18(10-7-15(21)22)11-8-17-16(23)24-12-13-4-2-1-3-5-13/h1-5H,6-12H2,(H,17,23)(H,19,20)(H,21,22). The summed E-state index contributed by atoms with van der Waals surface area (Å²) in [5, 5.41) is 20.0. The Bertz CT molecular complexity index is 517. The van der Waals surface area contributed by atoms with Gasteiger partial charge in [0, 0.05) is 26.2 Å². The Hall–Kier alpha value is -2.61. The zero-order chi connectivity index (χ0) is 17.8. The predicted octanol–water partition coefficient (Wildman–Crippen LogP) is 1.16. The summed E-state index contributed by atoms with van der Waals surface area (Å²) < 4.78 is 5.05. The van der Waals surface area contributed by atoms with Gasteiger partial charge in [-0.3, -0.25) is 9.59 Å². The monoisotopic (exact) mass is 338 g/mol. The molecule has 8 heteroatoms. The minimum atomic E-state index is -0.953. The van der Waals surface area contributed by atoms with Crippen molar-refractivity contribution in [3.63, 3.8) is 0 Å². The molecule has 0 radical (unpaired) electrons. The molecule has 3 N–H and O–H groups in total. The van der Waals surface area contributed by atoms with Gasteiger partial charge < -0.3 is 25.2 Å². The zero-order valence-corrected chi connectivity index (χ0v) is 13.3. The van der Waals surface area contributed by atoms with E-state index >= 15 is 0 Å². The Balaban J connectivity index is 2.27. The topological polar surface area (TPSA) is 116 Å². The molecule has 0 aromatic heterocycles. The summed E-state index contributed by atoms with van der Waals surface area (Å²) >= 11 is 0. The fourth-order valence-corrected chi connectivity index (χ4v) is 1.93. The van der Waals surface area contributed by atoms with Gasteiger partial charge in [-0.2, -0.15) is 0 Å². The van der Waals surface area contributed by atoms with Crippen molar-refractivity contribution in [2.45, 2.75) is 19.4 Å². The molecular formula is C16H22N2O6.